The Morgan fingerprint density at radius 1 is 0.963 bits per heavy atom. The van der Waals surface area contributed by atoms with E-state index in [0.717, 1.165) is 11.1 Å². The highest BCUT2D eigenvalue weighted by atomic mass is 32.1. The number of nitrogens with zero attached hydrogens (tertiary/aromatic N) is 2. The second kappa shape index (κ2) is 8.50. The lowest BCUT2D eigenvalue weighted by Gasteiger charge is -2.09. The Labute approximate surface area is 160 Å². The van der Waals surface area contributed by atoms with Gasteiger partial charge in [0.05, 0.1) is 33.3 Å². The van der Waals surface area contributed by atoms with Gasteiger partial charge in [0.1, 0.15) is 5.75 Å². The van der Waals surface area contributed by atoms with E-state index in [1.807, 2.05) is 30.3 Å². The number of para-hydroxylation sites is 1. The van der Waals surface area contributed by atoms with Gasteiger partial charge in [0.15, 0.2) is 16.5 Å². The summed E-state index contributed by atoms with van der Waals surface area (Å²) in [6.45, 7) is 0. The number of benzene rings is 2. The molecular weight excluding hydrogens is 366 g/mol. The normalized spacial score (nSPS) is 10.3. The summed E-state index contributed by atoms with van der Waals surface area (Å²) in [5.41, 5.74) is 1.64. The molecule has 0 aliphatic rings. The van der Waals surface area contributed by atoms with E-state index >= 15 is 0 Å². The number of ether oxygens (including phenoxy) is 3. The summed E-state index contributed by atoms with van der Waals surface area (Å²) in [6.07, 6.45) is 0.184. The molecule has 7 nitrogen and oxygen atoms in total. The monoisotopic (exact) mass is 385 g/mol. The molecule has 27 heavy (non-hydrogen) atoms. The third-order valence-electron chi connectivity index (χ3n) is 3.82. The molecule has 0 saturated heterocycles. The Morgan fingerprint density at radius 2 is 1.70 bits per heavy atom. The van der Waals surface area contributed by atoms with Crippen molar-refractivity contribution in [3.05, 3.63) is 48.0 Å². The van der Waals surface area contributed by atoms with Crippen molar-refractivity contribution in [1.29, 1.82) is 0 Å². The van der Waals surface area contributed by atoms with Crippen LogP contribution in [0.5, 0.6) is 17.2 Å². The fraction of sp³-hybridized carbons (Fsp3) is 0.211. The van der Waals surface area contributed by atoms with Crippen molar-refractivity contribution in [2.75, 3.05) is 26.6 Å². The predicted octanol–water partition coefficient (Wildman–Crippen LogP) is 3.41. The van der Waals surface area contributed by atoms with E-state index in [1.165, 1.54) is 11.3 Å². The summed E-state index contributed by atoms with van der Waals surface area (Å²) in [7, 11) is 4.73. The van der Waals surface area contributed by atoms with Gasteiger partial charge >= 0.3 is 0 Å². The van der Waals surface area contributed by atoms with Crippen LogP contribution >= 0.6 is 11.3 Å². The number of nitrogens with one attached hydrogen (secondary N) is 1. The van der Waals surface area contributed by atoms with Gasteiger partial charge in [-0.05, 0) is 29.8 Å². The third kappa shape index (κ3) is 4.35. The molecule has 0 radical (unpaired) electrons. The molecule has 0 atom stereocenters. The zero-order chi connectivity index (χ0) is 19.2. The number of carbonyl (C=O) groups excluding carboxylic acids is 1. The summed E-state index contributed by atoms with van der Waals surface area (Å²) in [4.78, 5) is 12.3. The number of rotatable bonds is 7. The predicted molar refractivity (Wildman–Crippen MR) is 104 cm³/mol. The Hall–Kier alpha value is -3.13. The molecule has 0 spiro atoms. The van der Waals surface area contributed by atoms with E-state index in [9.17, 15) is 4.79 Å². The van der Waals surface area contributed by atoms with E-state index in [2.05, 4.69) is 15.5 Å². The number of hydrogen-bond donors (Lipinski definition) is 1. The van der Waals surface area contributed by atoms with E-state index in [1.54, 1.807) is 33.5 Å². The van der Waals surface area contributed by atoms with Crippen LogP contribution in [0.15, 0.2) is 42.5 Å². The molecule has 0 fully saturated rings. The zero-order valence-electron chi connectivity index (χ0n) is 15.2. The van der Waals surface area contributed by atoms with Crippen LogP contribution in [0, 0.1) is 0 Å². The lowest BCUT2D eigenvalue weighted by molar-refractivity contribution is -0.115. The van der Waals surface area contributed by atoms with Crippen LogP contribution in [0.25, 0.3) is 10.6 Å². The van der Waals surface area contributed by atoms with Gasteiger partial charge in [-0.3, -0.25) is 4.79 Å². The van der Waals surface area contributed by atoms with E-state index in [-0.39, 0.29) is 12.3 Å². The second-order valence-electron chi connectivity index (χ2n) is 5.53. The summed E-state index contributed by atoms with van der Waals surface area (Å²) >= 11 is 1.29. The van der Waals surface area contributed by atoms with Crippen LogP contribution in [0.2, 0.25) is 0 Å². The average Bonchev–Trinajstić information content (AvgIpc) is 3.15. The van der Waals surface area contributed by atoms with E-state index in [4.69, 9.17) is 14.2 Å². The standard InChI is InChI=1S/C19H19N3O4S/c1-24-14-7-5-4-6-13(14)18-21-22-19(27-18)20-17(23)11-12-8-9-15(25-2)16(10-12)26-3/h4-10H,11H2,1-3H3,(H,20,22,23). The molecule has 1 N–H and O–H groups in total. The molecule has 3 rings (SSSR count). The summed E-state index contributed by atoms with van der Waals surface area (Å²) < 4.78 is 15.8. The molecule has 0 aliphatic carbocycles. The van der Waals surface area contributed by atoms with Gasteiger partial charge < -0.3 is 19.5 Å². The first kappa shape index (κ1) is 18.7. The maximum absolute atomic E-state index is 12.3. The van der Waals surface area contributed by atoms with Crippen molar-refractivity contribution in [3.8, 4) is 27.8 Å². The number of anilines is 1. The van der Waals surface area contributed by atoms with Crippen LogP contribution in [0.1, 0.15) is 5.56 Å². The van der Waals surface area contributed by atoms with Crippen LogP contribution in [-0.4, -0.2) is 37.4 Å². The Morgan fingerprint density at radius 3 is 2.44 bits per heavy atom. The Bertz CT molecular complexity index is 942. The van der Waals surface area contributed by atoms with E-state index < -0.39 is 0 Å². The van der Waals surface area contributed by atoms with Crippen molar-refractivity contribution in [2.45, 2.75) is 6.42 Å². The van der Waals surface area contributed by atoms with Gasteiger partial charge in [-0.1, -0.05) is 29.5 Å². The first-order valence-corrected chi connectivity index (χ1v) is 8.94. The fourth-order valence-corrected chi connectivity index (χ4v) is 3.33. The molecule has 0 unspecified atom stereocenters. The Balaban J connectivity index is 1.69. The largest absolute Gasteiger partial charge is 0.496 e. The van der Waals surface area contributed by atoms with Crippen LogP contribution < -0.4 is 19.5 Å². The molecule has 8 heteroatoms. The van der Waals surface area contributed by atoms with Gasteiger partial charge in [-0.2, -0.15) is 0 Å². The SMILES string of the molecule is COc1ccc(CC(=O)Nc2nnc(-c3ccccc3OC)s2)cc1OC. The molecular formula is C19H19N3O4S. The molecule has 0 bridgehead atoms. The highest BCUT2D eigenvalue weighted by Gasteiger charge is 2.14. The van der Waals surface area contributed by atoms with Gasteiger partial charge in [0, 0.05) is 0 Å². The Kier molecular flexibility index (Phi) is 5.87. The molecule has 1 heterocycles. The molecule has 3 aromatic rings. The lowest BCUT2D eigenvalue weighted by Crippen LogP contribution is -2.14. The summed E-state index contributed by atoms with van der Waals surface area (Å²) in [5.74, 6) is 1.71. The molecule has 2 aromatic carbocycles. The van der Waals surface area contributed by atoms with Gasteiger partial charge in [0.25, 0.3) is 0 Å². The minimum Gasteiger partial charge on any atom is -0.496 e. The minimum atomic E-state index is -0.190. The van der Waals surface area contributed by atoms with Crippen LogP contribution in [0.3, 0.4) is 0 Å². The van der Waals surface area contributed by atoms with Gasteiger partial charge in [0.2, 0.25) is 11.0 Å². The van der Waals surface area contributed by atoms with Crippen LogP contribution in [0.4, 0.5) is 5.13 Å². The molecule has 1 amide bonds. The van der Waals surface area contributed by atoms with Crippen molar-refractivity contribution in [1.82, 2.24) is 10.2 Å². The number of aromatic nitrogens is 2. The number of amides is 1. The first-order valence-electron chi connectivity index (χ1n) is 8.12. The zero-order valence-corrected chi connectivity index (χ0v) is 16.0. The minimum absolute atomic E-state index is 0.184. The number of methoxy groups -OCH3 is 3. The summed E-state index contributed by atoms with van der Waals surface area (Å²) in [6, 6.07) is 12.9. The van der Waals surface area contributed by atoms with Gasteiger partial charge in [-0.15, -0.1) is 10.2 Å². The van der Waals surface area contributed by atoms with E-state index in [0.29, 0.717) is 27.4 Å². The van der Waals surface area contributed by atoms with Crippen LogP contribution in [-0.2, 0) is 11.2 Å². The van der Waals surface area contributed by atoms with Crippen molar-refractivity contribution in [2.24, 2.45) is 0 Å². The summed E-state index contributed by atoms with van der Waals surface area (Å²) in [5, 5.41) is 12.1. The maximum atomic E-state index is 12.3. The smallest absolute Gasteiger partial charge is 0.230 e. The van der Waals surface area contributed by atoms with Crippen molar-refractivity contribution >= 4 is 22.4 Å². The fourth-order valence-electron chi connectivity index (χ4n) is 2.54. The number of carbonyl (C=O) groups is 1. The number of hydrogen-bond acceptors (Lipinski definition) is 7. The lowest BCUT2D eigenvalue weighted by atomic mass is 10.1. The van der Waals surface area contributed by atoms with Gasteiger partial charge in [-0.25, -0.2) is 0 Å². The third-order valence-corrected chi connectivity index (χ3v) is 4.69. The highest BCUT2D eigenvalue weighted by molar-refractivity contribution is 7.18. The quantitative estimate of drug-likeness (QED) is 0.671. The van der Waals surface area contributed by atoms with Crippen molar-refractivity contribution in [3.63, 3.8) is 0 Å². The highest BCUT2D eigenvalue weighted by Crippen LogP contribution is 2.33. The topological polar surface area (TPSA) is 82.6 Å². The second-order valence-corrected chi connectivity index (χ2v) is 6.50. The maximum Gasteiger partial charge on any atom is 0.230 e. The molecule has 1 aromatic heterocycles. The average molecular weight is 385 g/mol. The first-order chi connectivity index (χ1) is 13.1. The molecule has 140 valence electrons. The van der Waals surface area contributed by atoms with Crippen molar-refractivity contribution < 1.29 is 19.0 Å². The molecule has 0 aliphatic heterocycles. The molecule has 0 saturated carbocycles.